The SMILES string of the molecule is CC(C)C[C@H](NC(=O)C(NC(=O)OC(C)(C)C)C(C)(C)C)C(=O)NCC(=O)C(N)=O. The highest BCUT2D eigenvalue weighted by Crippen LogP contribution is 2.21. The molecule has 2 atom stereocenters. The lowest BCUT2D eigenvalue weighted by Gasteiger charge is -2.32. The molecule has 0 aliphatic carbocycles. The highest BCUT2D eigenvalue weighted by Gasteiger charge is 2.36. The molecule has 0 rings (SSSR count). The van der Waals surface area contributed by atoms with Crippen LogP contribution in [-0.2, 0) is 23.9 Å². The van der Waals surface area contributed by atoms with Gasteiger partial charge in [-0.15, -0.1) is 0 Å². The molecule has 0 saturated carbocycles. The third-order valence-electron chi connectivity index (χ3n) is 3.83. The van der Waals surface area contributed by atoms with Gasteiger partial charge in [-0.1, -0.05) is 34.6 Å². The predicted octanol–water partition coefficient (Wildman–Crippen LogP) is 0.627. The number of primary amides is 1. The van der Waals surface area contributed by atoms with E-state index in [1.165, 1.54) is 0 Å². The van der Waals surface area contributed by atoms with Crippen molar-refractivity contribution in [3.63, 3.8) is 0 Å². The molecule has 172 valence electrons. The summed E-state index contributed by atoms with van der Waals surface area (Å²) in [7, 11) is 0. The summed E-state index contributed by atoms with van der Waals surface area (Å²) in [5, 5.41) is 7.49. The van der Waals surface area contributed by atoms with Crippen molar-refractivity contribution in [2.45, 2.75) is 79.5 Å². The van der Waals surface area contributed by atoms with Crippen LogP contribution in [0, 0.1) is 11.3 Å². The van der Waals surface area contributed by atoms with Gasteiger partial charge in [0.2, 0.25) is 17.6 Å². The first-order valence-corrected chi connectivity index (χ1v) is 9.84. The Labute approximate surface area is 178 Å². The van der Waals surface area contributed by atoms with Gasteiger partial charge in [0.1, 0.15) is 17.7 Å². The first kappa shape index (κ1) is 27.4. The molecule has 0 aromatic heterocycles. The second-order valence-corrected chi connectivity index (χ2v) is 9.64. The Hall–Kier alpha value is -2.65. The van der Waals surface area contributed by atoms with E-state index in [4.69, 9.17) is 10.5 Å². The first-order valence-electron chi connectivity index (χ1n) is 9.84. The van der Waals surface area contributed by atoms with E-state index < -0.39 is 59.2 Å². The van der Waals surface area contributed by atoms with Crippen LogP contribution >= 0.6 is 0 Å². The van der Waals surface area contributed by atoms with Gasteiger partial charge in [-0.05, 0) is 38.5 Å². The molecule has 30 heavy (non-hydrogen) atoms. The smallest absolute Gasteiger partial charge is 0.408 e. The van der Waals surface area contributed by atoms with Crippen LogP contribution in [0.1, 0.15) is 61.8 Å². The van der Waals surface area contributed by atoms with Crippen molar-refractivity contribution in [1.29, 1.82) is 0 Å². The van der Waals surface area contributed by atoms with Crippen molar-refractivity contribution in [1.82, 2.24) is 16.0 Å². The molecular weight excluding hydrogens is 392 g/mol. The van der Waals surface area contributed by atoms with Gasteiger partial charge in [-0.2, -0.15) is 0 Å². The van der Waals surface area contributed by atoms with E-state index in [2.05, 4.69) is 16.0 Å². The zero-order valence-corrected chi connectivity index (χ0v) is 19.2. The number of Topliss-reactive ketones (excluding diaryl/α,β-unsaturated/α-hetero) is 1. The van der Waals surface area contributed by atoms with E-state index >= 15 is 0 Å². The molecule has 4 amide bonds. The van der Waals surface area contributed by atoms with Gasteiger partial charge >= 0.3 is 6.09 Å². The van der Waals surface area contributed by atoms with Crippen LogP contribution in [0.3, 0.4) is 0 Å². The zero-order chi connectivity index (χ0) is 23.9. The summed E-state index contributed by atoms with van der Waals surface area (Å²) in [6.45, 7) is 13.6. The second-order valence-electron chi connectivity index (χ2n) is 9.64. The van der Waals surface area contributed by atoms with Crippen molar-refractivity contribution in [3.05, 3.63) is 0 Å². The van der Waals surface area contributed by atoms with Crippen LogP contribution in [0.15, 0.2) is 0 Å². The summed E-state index contributed by atoms with van der Waals surface area (Å²) in [5.41, 5.74) is 3.46. The van der Waals surface area contributed by atoms with Crippen LogP contribution in [-0.4, -0.2) is 53.8 Å². The Morgan fingerprint density at radius 3 is 1.83 bits per heavy atom. The van der Waals surface area contributed by atoms with E-state index in [1.807, 2.05) is 13.8 Å². The van der Waals surface area contributed by atoms with Crippen molar-refractivity contribution in [3.8, 4) is 0 Å². The predicted molar refractivity (Wildman–Crippen MR) is 111 cm³/mol. The molecule has 0 aliphatic rings. The zero-order valence-electron chi connectivity index (χ0n) is 19.2. The normalized spacial score (nSPS) is 13.8. The summed E-state index contributed by atoms with van der Waals surface area (Å²) < 4.78 is 5.23. The van der Waals surface area contributed by atoms with Crippen LogP contribution in [0.25, 0.3) is 0 Å². The number of nitrogens with one attached hydrogen (secondary N) is 3. The third-order valence-corrected chi connectivity index (χ3v) is 3.83. The topological polar surface area (TPSA) is 157 Å². The molecular formula is C20H36N4O6. The molecule has 0 bridgehead atoms. The number of ketones is 1. The fourth-order valence-corrected chi connectivity index (χ4v) is 2.44. The number of nitrogens with two attached hydrogens (primary N) is 1. The van der Waals surface area contributed by atoms with Gasteiger partial charge in [0.25, 0.3) is 5.91 Å². The summed E-state index contributed by atoms with van der Waals surface area (Å²) >= 11 is 0. The van der Waals surface area contributed by atoms with Gasteiger partial charge in [0, 0.05) is 0 Å². The maximum absolute atomic E-state index is 12.9. The van der Waals surface area contributed by atoms with E-state index in [1.54, 1.807) is 41.5 Å². The molecule has 0 aliphatic heterocycles. The molecule has 10 heteroatoms. The summed E-state index contributed by atoms with van der Waals surface area (Å²) in [4.78, 5) is 59.8. The molecule has 0 aromatic rings. The Balaban J connectivity index is 5.38. The van der Waals surface area contributed by atoms with E-state index in [9.17, 15) is 24.0 Å². The largest absolute Gasteiger partial charge is 0.444 e. The Morgan fingerprint density at radius 1 is 0.900 bits per heavy atom. The minimum absolute atomic E-state index is 0.0415. The molecule has 0 heterocycles. The minimum Gasteiger partial charge on any atom is -0.444 e. The summed E-state index contributed by atoms with van der Waals surface area (Å²) in [5.74, 6) is -3.27. The fraction of sp³-hybridized carbons (Fsp3) is 0.750. The molecule has 0 aromatic carbocycles. The summed E-state index contributed by atoms with van der Waals surface area (Å²) in [6.07, 6.45) is -0.472. The average molecular weight is 429 g/mol. The van der Waals surface area contributed by atoms with Gasteiger partial charge in [-0.25, -0.2) is 4.79 Å². The maximum Gasteiger partial charge on any atom is 0.408 e. The number of amides is 4. The van der Waals surface area contributed by atoms with E-state index in [0.717, 1.165) is 0 Å². The summed E-state index contributed by atoms with van der Waals surface area (Å²) in [6, 6.07) is -1.95. The Morgan fingerprint density at radius 2 is 1.43 bits per heavy atom. The Kier molecular flexibility index (Phi) is 9.97. The van der Waals surface area contributed by atoms with Crippen LogP contribution in [0.5, 0.6) is 0 Å². The first-order chi connectivity index (χ1) is 13.4. The Bertz CT molecular complexity index is 661. The number of ether oxygens (including phenoxy) is 1. The van der Waals surface area contributed by atoms with Gasteiger partial charge in [-0.3, -0.25) is 19.2 Å². The average Bonchev–Trinajstić information content (AvgIpc) is 2.53. The maximum atomic E-state index is 12.9. The number of hydrogen-bond acceptors (Lipinski definition) is 6. The third kappa shape index (κ3) is 10.8. The van der Waals surface area contributed by atoms with E-state index in [0.29, 0.717) is 0 Å². The fourth-order valence-electron chi connectivity index (χ4n) is 2.44. The minimum atomic E-state index is -1.16. The monoisotopic (exact) mass is 428 g/mol. The quantitative estimate of drug-likeness (QED) is 0.395. The number of rotatable bonds is 9. The molecule has 5 N–H and O–H groups in total. The second kappa shape index (κ2) is 10.9. The molecule has 0 saturated heterocycles. The highest BCUT2D eigenvalue weighted by molar-refractivity contribution is 6.36. The standard InChI is InChI=1S/C20H36N4O6/c1-11(2)9-12(16(27)22-10-13(25)15(21)26)23-17(28)14(19(3,4)5)24-18(29)30-20(6,7)8/h11-12,14H,9-10H2,1-8H3,(H2,21,26)(H,22,27)(H,23,28)(H,24,29)/t12-,14?/m0/s1. The van der Waals surface area contributed by atoms with Gasteiger partial charge in [0.05, 0.1) is 6.54 Å². The number of carbonyl (C=O) groups excluding carboxylic acids is 5. The molecule has 10 nitrogen and oxygen atoms in total. The van der Waals surface area contributed by atoms with Crippen molar-refractivity contribution in [2.24, 2.45) is 17.1 Å². The van der Waals surface area contributed by atoms with E-state index in [-0.39, 0.29) is 12.3 Å². The van der Waals surface area contributed by atoms with Crippen LogP contribution in [0.2, 0.25) is 0 Å². The lowest BCUT2D eigenvalue weighted by molar-refractivity contribution is -0.137. The van der Waals surface area contributed by atoms with Gasteiger partial charge in [0.15, 0.2) is 0 Å². The number of hydrogen-bond donors (Lipinski definition) is 4. The molecule has 1 unspecified atom stereocenters. The van der Waals surface area contributed by atoms with Crippen molar-refractivity contribution < 1.29 is 28.7 Å². The molecule has 0 radical (unpaired) electrons. The molecule has 0 spiro atoms. The number of carbonyl (C=O) groups is 5. The molecule has 0 fully saturated rings. The van der Waals surface area contributed by atoms with Crippen molar-refractivity contribution >= 4 is 29.6 Å². The van der Waals surface area contributed by atoms with Crippen LogP contribution < -0.4 is 21.7 Å². The van der Waals surface area contributed by atoms with Crippen LogP contribution in [0.4, 0.5) is 4.79 Å². The van der Waals surface area contributed by atoms with Gasteiger partial charge < -0.3 is 26.4 Å². The lowest BCUT2D eigenvalue weighted by atomic mass is 9.86. The van der Waals surface area contributed by atoms with Crippen molar-refractivity contribution in [2.75, 3.05) is 6.54 Å². The lowest BCUT2D eigenvalue weighted by Crippen LogP contribution is -2.58. The highest BCUT2D eigenvalue weighted by atomic mass is 16.6. The number of alkyl carbamates (subject to hydrolysis) is 1.